The smallest absolute Gasteiger partial charge is 0.234 e. The maximum absolute atomic E-state index is 11.3. The van der Waals surface area contributed by atoms with E-state index in [0.717, 1.165) is 6.42 Å². The summed E-state index contributed by atoms with van der Waals surface area (Å²) < 4.78 is 0. The largest absolute Gasteiger partial charge is 0.350 e. The molecular formula is C9H12BrNOS. The fraction of sp³-hybridized carbons (Fsp3) is 0.444. The van der Waals surface area contributed by atoms with E-state index in [1.165, 1.54) is 4.88 Å². The fourth-order valence-electron chi connectivity index (χ4n) is 0.884. The van der Waals surface area contributed by atoms with Crippen LogP contribution in [0, 0.1) is 0 Å². The zero-order chi connectivity index (χ0) is 9.68. The molecule has 1 aromatic heterocycles. The van der Waals surface area contributed by atoms with E-state index in [2.05, 4.69) is 21.2 Å². The number of amides is 1. The van der Waals surface area contributed by atoms with Crippen LogP contribution in [-0.2, 0) is 11.3 Å². The highest BCUT2D eigenvalue weighted by molar-refractivity contribution is 9.10. The average molecular weight is 262 g/mol. The van der Waals surface area contributed by atoms with Gasteiger partial charge < -0.3 is 5.32 Å². The van der Waals surface area contributed by atoms with Crippen molar-refractivity contribution < 1.29 is 4.79 Å². The van der Waals surface area contributed by atoms with Gasteiger partial charge >= 0.3 is 0 Å². The van der Waals surface area contributed by atoms with Gasteiger partial charge in [-0.2, -0.15) is 0 Å². The Hall–Kier alpha value is -0.350. The molecule has 0 bridgehead atoms. The third-order valence-electron chi connectivity index (χ3n) is 1.66. The predicted octanol–water partition coefficient (Wildman–Crippen LogP) is 2.54. The molecule has 4 heteroatoms. The van der Waals surface area contributed by atoms with Gasteiger partial charge in [0, 0.05) is 4.88 Å². The lowest BCUT2D eigenvalue weighted by molar-refractivity contribution is -0.120. The predicted molar refractivity (Wildman–Crippen MR) is 59.2 cm³/mol. The molecule has 1 aromatic rings. The number of carbonyl (C=O) groups is 1. The number of hydrogen-bond acceptors (Lipinski definition) is 2. The second-order valence-electron chi connectivity index (χ2n) is 2.67. The van der Waals surface area contributed by atoms with Gasteiger partial charge in [0.25, 0.3) is 0 Å². The molecule has 0 radical (unpaired) electrons. The first kappa shape index (κ1) is 10.7. The van der Waals surface area contributed by atoms with Crippen molar-refractivity contribution in [3.05, 3.63) is 22.4 Å². The van der Waals surface area contributed by atoms with Crippen LogP contribution in [-0.4, -0.2) is 10.7 Å². The molecule has 1 N–H and O–H groups in total. The van der Waals surface area contributed by atoms with E-state index in [1.54, 1.807) is 11.3 Å². The van der Waals surface area contributed by atoms with Crippen LogP contribution >= 0.6 is 27.3 Å². The van der Waals surface area contributed by atoms with Gasteiger partial charge in [-0.25, -0.2) is 0 Å². The minimum atomic E-state index is -0.0625. The molecular weight excluding hydrogens is 250 g/mol. The van der Waals surface area contributed by atoms with E-state index >= 15 is 0 Å². The van der Waals surface area contributed by atoms with Crippen LogP contribution in [0.4, 0.5) is 0 Å². The highest BCUT2D eigenvalue weighted by Crippen LogP contribution is 2.09. The fourth-order valence-corrected chi connectivity index (χ4v) is 1.69. The average Bonchev–Trinajstić information content (AvgIpc) is 2.65. The van der Waals surface area contributed by atoms with E-state index in [4.69, 9.17) is 0 Å². The molecule has 1 heterocycles. The Kier molecular flexibility index (Phi) is 4.45. The van der Waals surface area contributed by atoms with Crippen LogP contribution in [0.2, 0.25) is 0 Å². The van der Waals surface area contributed by atoms with Gasteiger partial charge in [-0.1, -0.05) is 28.9 Å². The summed E-state index contributed by atoms with van der Waals surface area (Å²) in [5.41, 5.74) is 0. The molecule has 0 spiro atoms. The minimum Gasteiger partial charge on any atom is -0.350 e. The van der Waals surface area contributed by atoms with E-state index in [-0.39, 0.29) is 10.7 Å². The first-order valence-corrected chi connectivity index (χ1v) is 5.97. The van der Waals surface area contributed by atoms with Crippen molar-refractivity contribution in [3.8, 4) is 0 Å². The van der Waals surface area contributed by atoms with Gasteiger partial charge in [-0.3, -0.25) is 4.79 Å². The molecule has 1 atom stereocenters. The second-order valence-corrected chi connectivity index (χ2v) is 4.81. The van der Waals surface area contributed by atoms with Crippen molar-refractivity contribution in [1.29, 1.82) is 0 Å². The maximum Gasteiger partial charge on any atom is 0.234 e. The van der Waals surface area contributed by atoms with Crippen LogP contribution in [0.15, 0.2) is 17.5 Å². The van der Waals surface area contributed by atoms with E-state index in [9.17, 15) is 4.79 Å². The summed E-state index contributed by atoms with van der Waals surface area (Å²) in [5, 5.41) is 4.87. The van der Waals surface area contributed by atoms with Crippen molar-refractivity contribution in [2.75, 3.05) is 0 Å². The molecule has 0 saturated heterocycles. The first-order valence-electron chi connectivity index (χ1n) is 4.18. The molecule has 1 unspecified atom stereocenters. The molecule has 1 amide bonds. The molecule has 0 fully saturated rings. The molecule has 72 valence electrons. The highest BCUT2D eigenvalue weighted by atomic mass is 79.9. The number of thiophene rings is 1. The first-order chi connectivity index (χ1) is 6.24. The molecule has 0 saturated carbocycles. The Balaban J connectivity index is 2.31. The number of rotatable bonds is 4. The molecule has 0 aromatic carbocycles. The normalized spacial score (nSPS) is 12.5. The number of halogens is 1. The minimum absolute atomic E-state index is 0.0625. The summed E-state index contributed by atoms with van der Waals surface area (Å²) in [6.45, 7) is 2.61. The van der Waals surface area contributed by atoms with Gasteiger partial charge in [0.2, 0.25) is 5.91 Å². The molecule has 1 rings (SSSR count). The molecule has 0 aliphatic rings. The Bertz CT molecular complexity index is 261. The standard InChI is InChI=1S/C9H12BrNOS/c1-2-8(10)9(12)11-6-7-4-3-5-13-7/h3-5,8H,2,6H2,1H3,(H,11,12). The van der Waals surface area contributed by atoms with Crippen LogP contribution in [0.5, 0.6) is 0 Å². The van der Waals surface area contributed by atoms with Gasteiger partial charge in [0.15, 0.2) is 0 Å². The third-order valence-corrected chi connectivity index (χ3v) is 3.60. The monoisotopic (exact) mass is 261 g/mol. The summed E-state index contributed by atoms with van der Waals surface area (Å²) in [5.74, 6) is 0.0656. The van der Waals surface area contributed by atoms with Crippen LogP contribution < -0.4 is 5.32 Å². The lowest BCUT2D eigenvalue weighted by Crippen LogP contribution is -2.29. The van der Waals surface area contributed by atoms with Crippen molar-refractivity contribution in [2.45, 2.75) is 24.7 Å². The zero-order valence-corrected chi connectivity index (χ0v) is 9.82. The molecule has 0 aliphatic carbocycles. The summed E-state index contributed by atoms with van der Waals surface area (Å²) in [7, 11) is 0. The van der Waals surface area contributed by atoms with Crippen LogP contribution in [0.25, 0.3) is 0 Å². The van der Waals surface area contributed by atoms with Crippen molar-refractivity contribution >= 4 is 33.2 Å². The summed E-state index contributed by atoms with van der Waals surface area (Å²) in [6, 6.07) is 4.00. The van der Waals surface area contributed by atoms with Gasteiger partial charge in [0.05, 0.1) is 11.4 Å². The third kappa shape index (κ3) is 3.48. The topological polar surface area (TPSA) is 29.1 Å². The van der Waals surface area contributed by atoms with E-state index in [0.29, 0.717) is 6.54 Å². The Labute approximate surface area is 90.5 Å². The number of nitrogens with one attached hydrogen (secondary N) is 1. The molecule has 0 aliphatic heterocycles. The van der Waals surface area contributed by atoms with Crippen molar-refractivity contribution in [1.82, 2.24) is 5.32 Å². The summed E-state index contributed by atoms with van der Waals surface area (Å²) in [4.78, 5) is 12.4. The van der Waals surface area contributed by atoms with E-state index in [1.807, 2.05) is 24.4 Å². The lowest BCUT2D eigenvalue weighted by atomic mass is 10.3. The van der Waals surface area contributed by atoms with Crippen LogP contribution in [0.3, 0.4) is 0 Å². The number of carbonyl (C=O) groups excluding carboxylic acids is 1. The number of alkyl halides is 1. The highest BCUT2D eigenvalue weighted by Gasteiger charge is 2.11. The zero-order valence-electron chi connectivity index (χ0n) is 7.42. The molecule has 13 heavy (non-hydrogen) atoms. The van der Waals surface area contributed by atoms with E-state index < -0.39 is 0 Å². The maximum atomic E-state index is 11.3. The lowest BCUT2D eigenvalue weighted by Gasteiger charge is -2.06. The number of hydrogen-bond donors (Lipinski definition) is 1. The SMILES string of the molecule is CCC(Br)C(=O)NCc1cccs1. The Morgan fingerprint density at radius 2 is 2.54 bits per heavy atom. The van der Waals surface area contributed by atoms with Gasteiger partial charge in [0.1, 0.15) is 0 Å². The van der Waals surface area contributed by atoms with Crippen molar-refractivity contribution in [3.63, 3.8) is 0 Å². The van der Waals surface area contributed by atoms with Gasteiger partial charge in [-0.05, 0) is 17.9 Å². The summed E-state index contributed by atoms with van der Waals surface area (Å²) >= 11 is 4.95. The molecule has 2 nitrogen and oxygen atoms in total. The van der Waals surface area contributed by atoms with Crippen molar-refractivity contribution in [2.24, 2.45) is 0 Å². The summed E-state index contributed by atoms with van der Waals surface area (Å²) in [6.07, 6.45) is 0.816. The Morgan fingerprint density at radius 3 is 3.08 bits per heavy atom. The van der Waals surface area contributed by atoms with Gasteiger partial charge in [-0.15, -0.1) is 11.3 Å². The second kappa shape index (κ2) is 5.40. The Morgan fingerprint density at radius 1 is 1.77 bits per heavy atom. The quantitative estimate of drug-likeness (QED) is 0.830. The van der Waals surface area contributed by atoms with Crippen LogP contribution in [0.1, 0.15) is 18.2 Å².